The van der Waals surface area contributed by atoms with Crippen molar-refractivity contribution < 1.29 is 0 Å². The molecule has 15 heavy (non-hydrogen) atoms. The summed E-state index contributed by atoms with van der Waals surface area (Å²) in [6, 6.07) is 12.4. The Morgan fingerprint density at radius 1 is 1.13 bits per heavy atom. The molecule has 0 amide bonds. The van der Waals surface area contributed by atoms with E-state index in [0.29, 0.717) is 0 Å². The summed E-state index contributed by atoms with van der Waals surface area (Å²) in [5.74, 6) is 0. The van der Waals surface area contributed by atoms with Gasteiger partial charge in [-0.3, -0.25) is 0 Å². The summed E-state index contributed by atoms with van der Waals surface area (Å²) < 4.78 is 0. The zero-order valence-corrected chi connectivity index (χ0v) is 9.46. The minimum absolute atomic E-state index is 0.176. The highest BCUT2D eigenvalue weighted by Crippen LogP contribution is 2.26. The number of fused-ring (bicyclic) bond motifs is 1. The Morgan fingerprint density at radius 2 is 1.80 bits per heavy atom. The Hall–Kier alpha value is -1.05. The Labute approximate surface area is 94.9 Å². The van der Waals surface area contributed by atoms with Gasteiger partial charge in [0.15, 0.2) is 0 Å². The van der Waals surface area contributed by atoms with E-state index in [4.69, 9.17) is 17.3 Å². The molecule has 0 radical (unpaired) electrons. The molecule has 2 aromatic carbocycles. The first-order valence-corrected chi connectivity index (χ1v) is 5.48. The average Bonchev–Trinajstić information content (AvgIpc) is 2.19. The van der Waals surface area contributed by atoms with Gasteiger partial charge in [0.2, 0.25) is 0 Å². The highest BCUT2D eigenvalue weighted by atomic mass is 35.5. The molecule has 0 aliphatic rings. The van der Waals surface area contributed by atoms with Crippen LogP contribution in [-0.2, 0) is 6.42 Å². The minimum Gasteiger partial charge on any atom is -0.328 e. The van der Waals surface area contributed by atoms with E-state index in [-0.39, 0.29) is 6.04 Å². The van der Waals surface area contributed by atoms with E-state index in [0.717, 1.165) is 16.8 Å². The van der Waals surface area contributed by atoms with Gasteiger partial charge in [-0.1, -0.05) is 41.9 Å². The summed E-state index contributed by atoms with van der Waals surface area (Å²) in [5, 5.41) is 3.12. The molecule has 2 N–H and O–H groups in total. The highest BCUT2D eigenvalue weighted by Gasteiger charge is 2.04. The van der Waals surface area contributed by atoms with Gasteiger partial charge in [-0.25, -0.2) is 0 Å². The maximum Gasteiger partial charge on any atom is 0.0484 e. The lowest BCUT2D eigenvalue weighted by atomic mass is 10.00. The van der Waals surface area contributed by atoms with Crippen LogP contribution in [0, 0.1) is 0 Å². The van der Waals surface area contributed by atoms with Crippen molar-refractivity contribution in [2.45, 2.75) is 19.4 Å². The van der Waals surface area contributed by atoms with E-state index < -0.39 is 0 Å². The fourth-order valence-corrected chi connectivity index (χ4v) is 2.10. The summed E-state index contributed by atoms with van der Waals surface area (Å²) in [4.78, 5) is 0. The highest BCUT2D eigenvalue weighted by molar-refractivity contribution is 6.35. The Morgan fingerprint density at radius 3 is 2.53 bits per heavy atom. The third-order valence-corrected chi connectivity index (χ3v) is 2.83. The van der Waals surface area contributed by atoms with Crippen LogP contribution < -0.4 is 5.73 Å². The van der Waals surface area contributed by atoms with E-state index in [2.05, 4.69) is 12.1 Å². The van der Waals surface area contributed by atoms with Gasteiger partial charge in [0.25, 0.3) is 0 Å². The van der Waals surface area contributed by atoms with Gasteiger partial charge in [0, 0.05) is 16.5 Å². The molecule has 0 heterocycles. The molecule has 0 aromatic heterocycles. The van der Waals surface area contributed by atoms with Gasteiger partial charge in [0.05, 0.1) is 0 Å². The minimum atomic E-state index is 0.176. The molecular formula is C13H14ClN. The molecule has 1 unspecified atom stereocenters. The van der Waals surface area contributed by atoms with Crippen molar-refractivity contribution in [3.8, 4) is 0 Å². The SMILES string of the molecule is CC(N)Cc1cccc2c(Cl)cccc12. The summed E-state index contributed by atoms with van der Waals surface area (Å²) in [7, 11) is 0. The fourth-order valence-electron chi connectivity index (χ4n) is 1.86. The van der Waals surface area contributed by atoms with Gasteiger partial charge in [-0.15, -0.1) is 0 Å². The molecule has 2 heteroatoms. The van der Waals surface area contributed by atoms with Gasteiger partial charge in [0.1, 0.15) is 0 Å². The van der Waals surface area contributed by atoms with Crippen LogP contribution in [0.25, 0.3) is 10.8 Å². The molecule has 1 atom stereocenters. The quantitative estimate of drug-likeness (QED) is 0.824. The van der Waals surface area contributed by atoms with Crippen molar-refractivity contribution in [2.75, 3.05) is 0 Å². The molecule has 2 rings (SSSR count). The first kappa shape index (κ1) is 10.5. The summed E-state index contributed by atoms with van der Waals surface area (Å²) in [6.07, 6.45) is 0.887. The van der Waals surface area contributed by atoms with Crippen molar-refractivity contribution in [3.63, 3.8) is 0 Å². The van der Waals surface area contributed by atoms with Crippen LogP contribution in [0.3, 0.4) is 0 Å². The second kappa shape index (κ2) is 4.21. The zero-order chi connectivity index (χ0) is 10.8. The monoisotopic (exact) mass is 219 g/mol. The Bertz CT molecular complexity index is 477. The molecule has 78 valence electrons. The number of halogens is 1. The first-order chi connectivity index (χ1) is 7.18. The molecule has 0 aliphatic carbocycles. The van der Waals surface area contributed by atoms with Crippen molar-refractivity contribution in [3.05, 3.63) is 47.0 Å². The van der Waals surface area contributed by atoms with Crippen LogP contribution in [0.5, 0.6) is 0 Å². The number of rotatable bonds is 2. The molecule has 0 aliphatic heterocycles. The lowest BCUT2D eigenvalue weighted by Crippen LogP contribution is -2.17. The average molecular weight is 220 g/mol. The van der Waals surface area contributed by atoms with Crippen molar-refractivity contribution in [2.24, 2.45) is 5.73 Å². The van der Waals surface area contributed by atoms with E-state index in [1.165, 1.54) is 10.9 Å². The largest absolute Gasteiger partial charge is 0.328 e. The van der Waals surface area contributed by atoms with Crippen LogP contribution in [0.4, 0.5) is 0 Å². The molecule has 2 aromatic rings. The second-order valence-electron chi connectivity index (χ2n) is 3.93. The van der Waals surface area contributed by atoms with Crippen LogP contribution in [0.15, 0.2) is 36.4 Å². The standard InChI is InChI=1S/C13H14ClN/c1-9(15)8-10-4-2-6-12-11(10)5-3-7-13(12)14/h2-7,9H,8,15H2,1H3. The van der Waals surface area contributed by atoms with Crippen molar-refractivity contribution in [1.82, 2.24) is 0 Å². The number of benzene rings is 2. The first-order valence-electron chi connectivity index (χ1n) is 5.10. The van der Waals surface area contributed by atoms with Crippen molar-refractivity contribution >= 4 is 22.4 Å². The van der Waals surface area contributed by atoms with Gasteiger partial charge >= 0.3 is 0 Å². The number of hydrogen-bond acceptors (Lipinski definition) is 1. The molecular weight excluding hydrogens is 206 g/mol. The smallest absolute Gasteiger partial charge is 0.0484 e. The van der Waals surface area contributed by atoms with Crippen LogP contribution in [-0.4, -0.2) is 6.04 Å². The van der Waals surface area contributed by atoms with Crippen LogP contribution >= 0.6 is 11.6 Å². The Kier molecular flexibility index (Phi) is 2.94. The molecule has 0 saturated heterocycles. The maximum absolute atomic E-state index is 6.13. The molecule has 0 saturated carbocycles. The fraction of sp³-hybridized carbons (Fsp3) is 0.231. The predicted octanol–water partition coefficient (Wildman–Crippen LogP) is 3.38. The molecule has 0 bridgehead atoms. The maximum atomic E-state index is 6.13. The second-order valence-corrected chi connectivity index (χ2v) is 4.34. The topological polar surface area (TPSA) is 26.0 Å². The van der Waals surface area contributed by atoms with Crippen molar-refractivity contribution in [1.29, 1.82) is 0 Å². The van der Waals surface area contributed by atoms with Crippen LogP contribution in [0.2, 0.25) is 5.02 Å². The normalized spacial score (nSPS) is 13.0. The third-order valence-electron chi connectivity index (χ3n) is 2.50. The number of nitrogens with two attached hydrogens (primary N) is 1. The van der Waals surface area contributed by atoms with Gasteiger partial charge in [-0.2, -0.15) is 0 Å². The van der Waals surface area contributed by atoms with E-state index in [1.54, 1.807) is 0 Å². The Balaban J connectivity index is 2.61. The summed E-state index contributed by atoms with van der Waals surface area (Å²) in [5.41, 5.74) is 7.09. The lowest BCUT2D eigenvalue weighted by molar-refractivity contribution is 0.742. The molecule has 0 fully saturated rings. The van der Waals surface area contributed by atoms with E-state index in [1.807, 2.05) is 31.2 Å². The van der Waals surface area contributed by atoms with Gasteiger partial charge < -0.3 is 5.73 Å². The van der Waals surface area contributed by atoms with Gasteiger partial charge in [-0.05, 0) is 30.4 Å². The lowest BCUT2D eigenvalue weighted by Gasteiger charge is -2.09. The van der Waals surface area contributed by atoms with E-state index in [9.17, 15) is 0 Å². The molecule has 1 nitrogen and oxygen atoms in total. The molecule has 0 spiro atoms. The predicted molar refractivity (Wildman–Crippen MR) is 66.3 cm³/mol. The third kappa shape index (κ3) is 2.14. The zero-order valence-electron chi connectivity index (χ0n) is 8.70. The summed E-state index contributed by atoms with van der Waals surface area (Å²) in [6.45, 7) is 2.02. The summed E-state index contributed by atoms with van der Waals surface area (Å²) >= 11 is 6.13. The van der Waals surface area contributed by atoms with E-state index >= 15 is 0 Å². The van der Waals surface area contributed by atoms with Crippen LogP contribution in [0.1, 0.15) is 12.5 Å². The number of hydrogen-bond donors (Lipinski definition) is 1.